The Bertz CT molecular complexity index is 921. The highest BCUT2D eigenvalue weighted by Crippen LogP contribution is 2.59. The number of rotatable bonds is 3. The van der Waals surface area contributed by atoms with Gasteiger partial charge in [-0.3, -0.25) is 9.36 Å². The molecule has 0 N–H and O–H groups in total. The molecule has 6 nitrogen and oxygen atoms in total. The molecule has 1 amide bonds. The van der Waals surface area contributed by atoms with Crippen molar-refractivity contribution >= 4 is 30.0 Å². The van der Waals surface area contributed by atoms with Gasteiger partial charge in [-0.15, -0.1) is 0 Å². The molecule has 4 rings (SSSR count). The molecule has 142 valence electrons. The quantitative estimate of drug-likeness (QED) is 0.761. The second-order valence-electron chi connectivity index (χ2n) is 7.16. The Morgan fingerprint density at radius 3 is 2.33 bits per heavy atom. The second kappa shape index (κ2) is 6.79. The molecule has 2 aromatic rings. The molecule has 0 spiro atoms. The van der Waals surface area contributed by atoms with Crippen LogP contribution < -0.4 is 14.9 Å². The normalized spacial score (nSPS) is 22.8. The Labute approximate surface area is 159 Å². The van der Waals surface area contributed by atoms with Crippen molar-refractivity contribution in [3.05, 3.63) is 53.6 Å². The fourth-order valence-electron chi connectivity index (χ4n) is 3.64. The minimum Gasteiger partial charge on any atom is -0.379 e. The molecule has 2 aliphatic heterocycles. The van der Waals surface area contributed by atoms with Crippen LogP contribution in [-0.4, -0.2) is 51.0 Å². The van der Waals surface area contributed by atoms with E-state index >= 15 is 0 Å². The highest BCUT2D eigenvalue weighted by Gasteiger charge is 2.51. The van der Waals surface area contributed by atoms with E-state index in [0.717, 1.165) is 11.3 Å². The van der Waals surface area contributed by atoms with Gasteiger partial charge >= 0.3 is 0 Å². The van der Waals surface area contributed by atoms with Gasteiger partial charge in [0, 0.05) is 32.9 Å². The number of amides is 1. The number of fused-ring (bicyclic) bond motifs is 1. The topological polar surface area (TPSA) is 53.1 Å². The Morgan fingerprint density at radius 1 is 1.04 bits per heavy atom. The van der Waals surface area contributed by atoms with Crippen molar-refractivity contribution in [3.8, 4) is 0 Å². The van der Waals surface area contributed by atoms with Crippen molar-refractivity contribution in [3.63, 3.8) is 0 Å². The molecule has 0 bridgehead atoms. The number of hydrogen-bond donors (Lipinski definition) is 0. The molecule has 2 aromatic carbocycles. The van der Waals surface area contributed by atoms with Gasteiger partial charge in [0.05, 0.1) is 29.8 Å². The molecular weight excluding hydrogens is 361 g/mol. The van der Waals surface area contributed by atoms with E-state index in [1.165, 1.54) is 4.67 Å². The Balaban J connectivity index is 1.89. The monoisotopic (exact) mass is 385 g/mol. The lowest BCUT2D eigenvalue weighted by Gasteiger charge is -2.37. The summed E-state index contributed by atoms with van der Waals surface area (Å²) in [4.78, 5) is 15.3. The number of morpholine rings is 1. The van der Waals surface area contributed by atoms with Crippen molar-refractivity contribution in [1.82, 2.24) is 4.67 Å². The summed E-state index contributed by atoms with van der Waals surface area (Å²) in [6.45, 7) is 4.12. The van der Waals surface area contributed by atoms with Crippen LogP contribution in [0, 0.1) is 6.92 Å². The molecule has 1 unspecified atom stereocenters. The molecule has 1 fully saturated rings. The van der Waals surface area contributed by atoms with Crippen molar-refractivity contribution in [1.29, 1.82) is 0 Å². The highest BCUT2D eigenvalue weighted by atomic mass is 31.2. The van der Waals surface area contributed by atoms with Crippen LogP contribution in [0.4, 0.5) is 11.4 Å². The number of aryl methyl sites for hydroxylation is 1. The lowest BCUT2D eigenvalue weighted by Crippen LogP contribution is -2.40. The summed E-state index contributed by atoms with van der Waals surface area (Å²) in [5.74, 6) is -0.202. The number of carbonyl (C=O) groups excluding carboxylic acids is 1. The molecule has 2 heterocycles. The van der Waals surface area contributed by atoms with E-state index in [4.69, 9.17) is 4.74 Å². The summed E-state index contributed by atoms with van der Waals surface area (Å²) >= 11 is 0. The molecule has 7 heteroatoms. The zero-order valence-electron chi connectivity index (χ0n) is 15.9. The van der Waals surface area contributed by atoms with E-state index in [9.17, 15) is 9.36 Å². The molecule has 1 saturated heterocycles. The van der Waals surface area contributed by atoms with Gasteiger partial charge in [-0.25, -0.2) is 9.34 Å². The van der Waals surface area contributed by atoms with E-state index < -0.39 is 7.44 Å². The van der Waals surface area contributed by atoms with E-state index in [2.05, 4.69) is 0 Å². The van der Waals surface area contributed by atoms with Crippen molar-refractivity contribution in [2.75, 3.05) is 50.0 Å². The fraction of sp³-hybridized carbons (Fsp3) is 0.350. The first-order chi connectivity index (χ1) is 12.9. The van der Waals surface area contributed by atoms with Crippen molar-refractivity contribution in [2.45, 2.75) is 6.92 Å². The first-order valence-corrected chi connectivity index (χ1v) is 10.7. The van der Waals surface area contributed by atoms with E-state index in [1.54, 1.807) is 0 Å². The molecule has 0 aliphatic carbocycles. The third-order valence-electron chi connectivity index (χ3n) is 5.15. The predicted octanol–water partition coefficient (Wildman–Crippen LogP) is 2.87. The largest absolute Gasteiger partial charge is 0.379 e. The van der Waals surface area contributed by atoms with E-state index in [0.29, 0.717) is 42.9 Å². The lowest BCUT2D eigenvalue weighted by molar-refractivity contribution is 0.0723. The number of hydrogen-bond acceptors (Lipinski definition) is 4. The van der Waals surface area contributed by atoms with Crippen LogP contribution in [0.15, 0.2) is 42.5 Å². The molecule has 0 saturated carbocycles. The third-order valence-corrected chi connectivity index (χ3v) is 8.29. The summed E-state index contributed by atoms with van der Waals surface area (Å²) in [5, 5.41) is 0.626. The molecule has 0 radical (unpaired) electrons. The third kappa shape index (κ3) is 2.89. The molecular formula is C20H24N3O3P. The zero-order valence-corrected chi connectivity index (χ0v) is 16.8. The maximum absolute atomic E-state index is 14.5. The van der Waals surface area contributed by atoms with Gasteiger partial charge in [0.2, 0.25) is 0 Å². The first kappa shape index (κ1) is 18.2. The smallest absolute Gasteiger partial charge is 0.276 e. The summed E-state index contributed by atoms with van der Waals surface area (Å²) in [5.41, 5.74) is 3.21. The summed E-state index contributed by atoms with van der Waals surface area (Å²) in [6, 6.07) is 13.3. The molecule has 2 aliphatic rings. The number of anilines is 2. The number of ether oxygens (including phenoxy) is 1. The molecule has 27 heavy (non-hydrogen) atoms. The minimum absolute atomic E-state index is 0.202. The highest BCUT2D eigenvalue weighted by molar-refractivity contribution is 7.73. The van der Waals surface area contributed by atoms with Gasteiger partial charge in [0.25, 0.3) is 13.4 Å². The van der Waals surface area contributed by atoms with Gasteiger partial charge in [0.1, 0.15) is 0 Å². The summed E-state index contributed by atoms with van der Waals surface area (Å²) in [6.07, 6.45) is 0. The standard InChI is InChI=1S/C20H24N3O3P/c1-15-4-6-16(7-5-15)23-20(24)18-14-17(21(2)3)8-9-19(18)27(23,25)22-10-12-26-13-11-22/h4-9,14H,10-13H2,1-3H3. The van der Waals surface area contributed by atoms with E-state index in [-0.39, 0.29) is 5.91 Å². The van der Waals surface area contributed by atoms with Gasteiger partial charge in [-0.05, 0) is 37.3 Å². The van der Waals surface area contributed by atoms with E-state index in [1.807, 2.05) is 73.1 Å². The fourth-order valence-corrected chi connectivity index (χ4v) is 6.66. The van der Waals surface area contributed by atoms with Crippen molar-refractivity contribution in [2.24, 2.45) is 0 Å². The van der Waals surface area contributed by atoms with Crippen molar-refractivity contribution < 1.29 is 14.1 Å². The number of nitrogens with zero attached hydrogens (tertiary/aromatic N) is 3. The Kier molecular flexibility index (Phi) is 4.58. The average Bonchev–Trinajstić information content (AvgIpc) is 2.91. The SMILES string of the molecule is Cc1ccc(N2C(=O)c3cc(N(C)C)ccc3P2(=O)N2CCOCC2)cc1. The van der Waals surface area contributed by atoms with Crippen LogP contribution in [0.5, 0.6) is 0 Å². The molecule has 1 atom stereocenters. The van der Waals surface area contributed by atoms with Crippen LogP contribution in [0.3, 0.4) is 0 Å². The van der Waals surface area contributed by atoms with Gasteiger partial charge < -0.3 is 9.64 Å². The van der Waals surface area contributed by atoms with Crippen LogP contribution in [0.2, 0.25) is 0 Å². The number of benzene rings is 2. The van der Waals surface area contributed by atoms with Gasteiger partial charge in [0.15, 0.2) is 0 Å². The van der Waals surface area contributed by atoms with Crippen LogP contribution in [0.25, 0.3) is 0 Å². The van der Waals surface area contributed by atoms with Crippen LogP contribution in [0.1, 0.15) is 15.9 Å². The summed E-state index contributed by atoms with van der Waals surface area (Å²) < 4.78 is 23.4. The molecule has 0 aromatic heterocycles. The first-order valence-electron chi connectivity index (χ1n) is 9.09. The second-order valence-corrected chi connectivity index (χ2v) is 9.69. The average molecular weight is 385 g/mol. The summed E-state index contributed by atoms with van der Waals surface area (Å²) in [7, 11) is 0.592. The predicted molar refractivity (Wildman–Crippen MR) is 108 cm³/mol. The maximum Gasteiger partial charge on any atom is 0.276 e. The lowest BCUT2D eigenvalue weighted by atomic mass is 10.1. The Morgan fingerprint density at radius 2 is 1.70 bits per heavy atom. The number of carbonyl (C=O) groups is 1. The Hall–Kier alpha value is -2.14. The maximum atomic E-state index is 14.5. The van der Waals surface area contributed by atoms with Crippen LogP contribution in [-0.2, 0) is 9.30 Å². The van der Waals surface area contributed by atoms with Crippen LogP contribution >= 0.6 is 7.44 Å². The minimum atomic E-state index is -3.27. The zero-order chi connectivity index (χ0) is 19.2. The van der Waals surface area contributed by atoms with Gasteiger partial charge in [-0.1, -0.05) is 17.7 Å². The van der Waals surface area contributed by atoms with Gasteiger partial charge in [-0.2, -0.15) is 0 Å².